The first-order valence-corrected chi connectivity index (χ1v) is 8.79. The normalized spacial score (nSPS) is 13.0. The number of nitrogens with one attached hydrogen (secondary N) is 1. The molecule has 2 aromatic rings. The number of carbonyl (C=O) groups is 2. The standard InChI is InChI=1S/C20H18N2O8/c1-12(20(24)21-15-6-5-14(22(25)26)10-17(15)27-2)30-19(23)8-4-13-3-7-16-18(9-13)29-11-28-16/h3-10,12H,11H2,1-2H3,(H,21,24)/b8-4+/t12-/m0/s1. The van der Waals surface area contributed by atoms with Crippen LogP contribution in [0.15, 0.2) is 42.5 Å². The quantitative estimate of drug-likeness (QED) is 0.317. The van der Waals surface area contributed by atoms with E-state index in [2.05, 4.69) is 5.32 Å². The van der Waals surface area contributed by atoms with E-state index in [4.69, 9.17) is 18.9 Å². The lowest BCUT2D eigenvalue weighted by atomic mass is 10.2. The summed E-state index contributed by atoms with van der Waals surface area (Å²) in [6, 6.07) is 8.92. The van der Waals surface area contributed by atoms with Crippen LogP contribution in [-0.4, -0.2) is 36.8 Å². The molecule has 0 radical (unpaired) electrons. The first-order chi connectivity index (χ1) is 14.4. The van der Waals surface area contributed by atoms with Crippen LogP contribution in [0, 0.1) is 10.1 Å². The number of ether oxygens (including phenoxy) is 4. The second-order valence-corrected chi connectivity index (χ2v) is 6.16. The number of fused-ring (bicyclic) bond motifs is 1. The number of amides is 1. The minimum atomic E-state index is -1.11. The Bertz CT molecular complexity index is 1020. The number of hydrogen-bond donors (Lipinski definition) is 1. The van der Waals surface area contributed by atoms with Crippen LogP contribution in [0.5, 0.6) is 17.2 Å². The summed E-state index contributed by atoms with van der Waals surface area (Å²) >= 11 is 0. The number of carbonyl (C=O) groups excluding carboxylic acids is 2. The van der Waals surface area contributed by atoms with Crippen molar-refractivity contribution in [2.45, 2.75) is 13.0 Å². The highest BCUT2D eigenvalue weighted by Gasteiger charge is 2.20. The Morgan fingerprint density at radius 1 is 1.20 bits per heavy atom. The summed E-state index contributed by atoms with van der Waals surface area (Å²) in [6.45, 7) is 1.55. The molecule has 1 amide bonds. The maximum Gasteiger partial charge on any atom is 0.331 e. The first kappa shape index (κ1) is 20.6. The van der Waals surface area contributed by atoms with Gasteiger partial charge in [0.05, 0.1) is 23.8 Å². The van der Waals surface area contributed by atoms with Crippen molar-refractivity contribution in [1.82, 2.24) is 0 Å². The van der Waals surface area contributed by atoms with Gasteiger partial charge in [-0.1, -0.05) is 6.07 Å². The summed E-state index contributed by atoms with van der Waals surface area (Å²) in [7, 11) is 1.32. The van der Waals surface area contributed by atoms with Crippen molar-refractivity contribution in [3.63, 3.8) is 0 Å². The van der Waals surface area contributed by atoms with E-state index in [1.165, 1.54) is 44.4 Å². The minimum Gasteiger partial charge on any atom is -0.494 e. The van der Waals surface area contributed by atoms with Crippen molar-refractivity contribution >= 4 is 29.3 Å². The van der Waals surface area contributed by atoms with Crippen LogP contribution in [0.2, 0.25) is 0 Å². The molecule has 1 N–H and O–H groups in total. The molecule has 1 aliphatic heterocycles. The van der Waals surface area contributed by atoms with Crippen molar-refractivity contribution in [1.29, 1.82) is 0 Å². The van der Waals surface area contributed by atoms with Gasteiger partial charge in [-0.3, -0.25) is 14.9 Å². The fraction of sp³-hybridized carbons (Fsp3) is 0.200. The van der Waals surface area contributed by atoms with Gasteiger partial charge in [-0.05, 0) is 36.8 Å². The van der Waals surface area contributed by atoms with Crippen LogP contribution >= 0.6 is 0 Å². The van der Waals surface area contributed by atoms with E-state index in [0.717, 1.165) is 0 Å². The van der Waals surface area contributed by atoms with Crippen molar-refractivity contribution in [2.75, 3.05) is 19.2 Å². The van der Waals surface area contributed by atoms with Gasteiger partial charge in [0.1, 0.15) is 5.75 Å². The number of anilines is 1. The number of non-ortho nitro benzene ring substituents is 1. The van der Waals surface area contributed by atoms with Gasteiger partial charge in [-0.15, -0.1) is 0 Å². The number of nitro benzene ring substituents is 1. The zero-order chi connectivity index (χ0) is 21.7. The molecule has 30 heavy (non-hydrogen) atoms. The third kappa shape index (κ3) is 4.85. The molecule has 3 rings (SSSR count). The Kier molecular flexibility index (Phi) is 6.16. The molecule has 0 aliphatic carbocycles. The van der Waals surface area contributed by atoms with Crippen molar-refractivity contribution in [3.8, 4) is 17.2 Å². The van der Waals surface area contributed by atoms with E-state index in [-0.39, 0.29) is 23.9 Å². The average molecular weight is 414 g/mol. The number of nitro groups is 1. The number of methoxy groups -OCH3 is 1. The topological polar surface area (TPSA) is 126 Å². The molecule has 10 heteroatoms. The highest BCUT2D eigenvalue weighted by Crippen LogP contribution is 2.33. The Morgan fingerprint density at radius 2 is 1.97 bits per heavy atom. The lowest BCUT2D eigenvalue weighted by Crippen LogP contribution is -2.29. The summed E-state index contributed by atoms with van der Waals surface area (Å²) in [5.41, 5.74) is 0.730. The monoisotopic (exact) mass is 414 g/mol. The number of nitrogens with zero attached hydrogens (tertiary/aromatic N) is 1. The summed E-state index contributed by atoms with van der Waals surface area (Å²) in [4.78, 5) is 34.6. The predicted octanol–water partition coefficient (Wildman–Crippen LogP) is 2.92. The van der Waals surface area contributed by atoms with Gasteiger partial charge in [-0.2, -0.15) is 0 Å². The van der Waals surface area contributed by atoms with E-state index in [1.807, 2.05) is 0 Å². The maximum atomic E-state index is 12.3. The molecule has 1 aliphatic rings. The molecule has 0 bridgehead atoms. The van der Waals surface area contributed by atoms with E-state index in [0.29, 0.717) is 17.1 Å². The second-order valence-electron chi connectivity index (χ2n) is 6.16. The van der Waals surface area contributed by atoms with E-state index < -0.39 is 22.9 Å². The largest absolute Gasteiger partial charge is 0.494 e. The molecular formula is C20H18N2O8. The summed E-state index contributed by atoms with van der Waals surface area (Å²) < 4.78 is 20.6. The smallest absolute Gasteiger partial charge is 0.331 e. The van der Waals surface area contributed by atoms with Crippen LogP contribution in [0.4, 0.5) is 11.4 Å². The molecule has 0 saturated heterocycles. The van der Waals surface area contributed by atoms with E-state index >= 15 is 0 Å². The average Bonchev–Trinajstić information content (AvgIpc) is 3.20. The number of benzene rings is 2. The molecule has 0 aromatic heterocycles. The number of esters is 1. The third-order valence-corrected chi connectivity index (χ3v) is 4.12. The highest BCUT2D eigenvalue weighted by molar-refractivity contribution is 5.97. The maximum absolute atomic E-state index is 12.3. The van der Waals surface area contributed by atoms with E-state index in [1.54, 1.807) is 18.2 Å². The number of hydrogen-bond acceptors (Lipinski definition) is 8. The number of rotatable bonds is 7. The van der Waals surface area contributed by atoms with Gasteiger partial charge in [0.25, 0.3) is 11.6 Å². The Balaban J connectivity index is 1.58. The molecule has 2 aromatic carbocycles. The summed E-state index contributed by atoms with van der Waals surface area (Å²) in [5.74, 6) is -0.0197. The molecule has 0 fully saturated rings. The minimum absolute atomic E-state index is 0.110. The zero-order valence-electron chi connectivity index (χ0n) is 16.1. The fourth-order valence-electron chi connectivity index (χ4n) is 2.58. The first-order valence-electron chi connectivity index (χ1n) is 8.79. The van der Waals surface area contributed by atoms with Gasteiger partial charge in [-0.25, -0.2) is 4.79 Å². The van der Waals surface area contributed by atoms with Gasteiger partial charge in [0, 0.05) is 12.1 Å². The predicted molar refractivity (Wildman–Crippen MR) is 105 cm³/mol. The Hall–Kier alpha value is -4.08. The Morgan fingerprint density at radius 3 is 2.70 bits per heavy atom. The van der Waals surface area contributed by atoms with Gasteiger partial charge < -0.3 is 24.3 Å². The lowest BCUT2D eigenvalue weighted by Gasteiger charge is -2.14. The van der Waals surface area contributed by atoms with E-state index in [9.17, 15) is 19.7 Å². The molecule has 10 nitrogen and oxygen atoms in total. The Labute approximate surface area is 171 Å². The summed E-state index contributed by atoms with van der Waals surface area (Å²) in [5, 5.41) is 13.4. The molecule has 0 spiro atoms. The zero-order valence-corrected chi connectivity index (χ0v) is 16.1. The van der Waals surface area contributed by atoms with Crippen molar-refractivity contribution in [3.05, 3.63) is 58.2 Å². The third-order valence-electron chi connectivity index (χ3n) is 4.12. The van der Waals surface area contributed by atoms with Gasteiger partial charge >= 0.3 is 5.97 Å². The molecule has 0 unspecified atom stereocenters. The molecule has 0 saturated carbocycles. The highest BCUT2D eigenvalue weighted by atomic mass is 16.7. The second kappa shape index (κ2) is 8.95. The van der Waals surface area contributed by atoms with Crippen molar-refractivity contribution < 1.29 is 33.5 Å². The van der Waals surface area contributed by atoms with Crippen LogP contribution < -0.4 is 19.5 Å². The summed E-state index contributed by atoms with van der Waals surface area (Å²) in [6.07, 6.45) is 1.60. The van der Waals surface area contributed by atoms with Crippen molar-refractivity contribution in [2.24, 2.45) is 0 Å². The van der Waals surface area contributed by atoms with Crippen LogP contribution in [0.25, 0.3) is 6.08 Å². The molecule has 1 atom stereocenters. The fourth-order valence-corrected chi connectivity index (χ4v) is 2.58. The van der Waals surface area contributed by atoms with Gasteiger partial charge in [0.2, 0.25) is 6.79 Å². The molecule has 1 heterocycles. The van der Waals surface area contributed by atoms with Crippen LogP contribution in [-0.2, 0) is 14.3 Å². The SMILES string of the molecule is COc1cc([N+](=O)[O-])ccc1NC(=O)[C@H](C)OC(=O)/C=C/c1ccc2c(c1)OCO2. The lowest BCUT2D eigenvalue weighted by molar-refractivity contribution is -0.384. The van der Waals surface area contributed by atoms with Crippen LogP contribution in [0.3, 0.4) is 0 Å². The van der Waals surface area contributed by atoms with Crippen LogP contribution in [0.1, 0.15) is 12.5 Å². The molecule has 156 valence electrons. The molecular weight excluding hydrogens is 396 g/mol. The van der Waals surface area contributed by atoms with Gasteiger partial charge in [0.15, 0.2) is 17.6 Å².